The van der Waals surface area contributed by atoms with Crippen molar-refractivity contribution >= 4 is 11.6 Å². The lowest BCUT2D eigenvalue weighted by molar-refractivity contribution is 0.625. The van der Waals surface area contributed by atoms with Crippen molar-refractivity contribution in [2.45, 2.75) is 39.7 Å². The molecule has 3 heteroatoms. The van der Waals surface area contributed by atoms with Crippen LogP contribution in [0.25, 0.3) is 0 Å². The molecule has 1 saturated heterocycles. The van der Waals surface area contributed by atoms with E-state index in [2.05, 4.69) is 43.1 Å². The Hall–Kier alpha value is -1.25. The van der Waals surface area contributed by atoms with E-state index in [4.69, 9.17) is 4.98 Å². The Morgan fingerprint density at radius 3 is 2.88 bits per heavy atom. The summed E-state index contributed by atoms with van der Waals surface area (Å²) in [4.78, 5) is 7.11. The van der Waals surface area contributed by atoms with Gasteiger partial charge >= 0.3 is 0 Å². The summed E-state index contributed by atoms with van der Waals surface area (Å²) in [5.74, 6) is 2.89. The fraction of sp³-hybridized carbons (Fsp3) is 0.643. The Labute approximate surface area is 104 Å². The van der Waals surface area contributed by atoms with Gasteiger partial charge in [0.25, 0.3) is 0 Å². The number of nitrogens with zero attached hydrogens (tertiary/aromatic N) is 2. The molecule has 1 aromatic heterocycles. The van der Waals surface area contributed by atoms with Gasteiger partial charge in [-0.05, 0) is 37.8 Å². The van der Waals surface area contributed by atoms with Crippen molar-refractivity contribution in [3.05, 3.63) is 18.2 Å². The van der Waals surface area contributed by atoms with Crippen LogP contribution in [0.5, 0.6) is 0 Å². The van der Waals surface area contributed by atoms with E-state index >= 15 is 0 Å². The van der Waals surface area contributed by atoms with Crippen LogP contribution in [0.1, 0.15) is 33.6 Å². The first-order chi connectivity index (χ1) is 8.20. The largest absolute Gasteiger partial charge is 0.370 e. The van der Waals surface area contributed by atoms with Gasteiger partial charge in [-0.25, -0.2) is 4.98 Å². The van der Waals surface area contributed by atoms with Crippen LogP contribution in [0, 0.1) is 5.92 Å². The minimum Gasteiger partial charge on any atom is -0.370 e. The Morgan fingerprint density at radius 2 is 2.24 bits per heavy atom. The lowest BCUT2D eigenvalue weighted by Gasteiger charge is -2.23. The van der Waals surface area contributed by atoms with E-state index in [9.17, 15) is 0 Å². The monoisotopic (exact) mass is 233 g/mol. The van der Waals surface area contributed by atoms with Crippen molar-refractivity contribution < 1.29 is 0 Å². The molecular weight excluding hydrogens is 210 g/mol. The van der Waals surface area contributed by atoms with E-state index in [1.54, 1.807) is 0 Å². The van der Waals surface area contributed by atoms with Crippen LogP contribution in [-0.4, -0.2) is 24.1 Å². The highest BCUT2D eigenvalue weighted by atomic mass is 15.2. The highest BCUT2D eigenvalue weighted by molar-refractivity contribution is 5.48. The second kappa shape index (κ2) is 5.39. The van der Waals surface area contributed by atoms with Crippen molar-refractivity contribution in [2.75, 3.05) is 23.3 Å². The molecular formula is C14H23N3. The topological polar surface area (TPSA) is 28.2 Å². The van der Waals surface area contributed by atoms with Crippen molar-refractivity contribution in [2.24, 2.45) is 5.92 Å². The van der Waals surface area contributed by atoms with E-state index in [0.717, 1.165) is 37.1 Å². The molecule has 1 aliphatic heterocycles. The minimum absolute atomic E-state index is 0.610. The zero-order valence-corrected chi connectivity index (χ0v) is 11.1. The maximum Gasteiger partial charge on any atom is 0.131 e. The zero-order chi connectivity index (χ0) is 12.3. The fourth-order valence-corrected chi connectivity index (χ4v) is 2.55. The van der Waals surface area contributed by atoms with Gasteiger partial charge in [-0.2, -0.15) is 0 Å². The van der Waals surface area contributed by atoms with E-state index in [0.29, 0.717) is 6.04 Å². The molecule has 1 N–H and O–H groups in total. The molecule has 2 unspecified atom stereocenters. The Balaban J connectivity index is 2.10. The van der Waals surface area contributed by atoms with Crippen LogP contribution >= 0.6 is 0 Å². The Morgan fingerprint density at radius 1 is 1.41 bits per heavy atom. The highest BCUT2D eigenvalue weighted by Gasteiger charge is 2.26. The Kier molecular flexibility index (Phi) is 3.87. The predicted molar refractivity (Wildman–Crippen MR) is 73.6 cm³/mol. The van der Waals surface area contributed by atoms with E-state index in [1.807, 2.05) is 6.07 Å². The van der Waals surface area contributed by atoms with Crippen LogP contribution in [0.15, 0.2) is 18.2 Å². The SMILES string of the molecule is CCCNc1cccc(N2CC(C)CC2C)n1. The molecule has 94 valence electrons. The van der Waals surface area contributed by atoms with Crippen LogP contribution < -0.4 is 10.2 Å². The summed E-state index contributed by atoms with van der Waals surface area (Å²) in [6.45, 7) is 8.89. The third kappa shape index (κ3) is 2.90. The molecule has 0 radical (unpaired) electrons. The van der Waals surface area contributed by atoms with Gasteiger partial charge in [-0.3, -0.25) is 0 Å². The first-order valence-corrected chi connectivity index (χ1v) is 6.68. The summed E-state index contributed by atoms with van der Waals surface area (Å²) < 4.78 is 0. The molecule has 2 atom stereocenters. The van der Waals surface area contributed by atoms with Crippen LogP contribution in [0.2, 0.25) is 0 Å². The molecule has 0 aromatic carbocycles. The summed E-state index contributed by atoms with van der Waals surface area (Å²) in [7, 11) is 0. The first kappa shape index (κ1) is 12.2. The van der Waals surface area contributed by atoms with Gasteiger partial charge in [-0.1, -0.05) is 19.9 Å². The highest BCUT2D eigenvalue weighted by Crippen LogP contribution is 2.27. The summed E-state index contributed by atoms with van der Waals surface area (Å²) in [5, 5.41) is 3.35. The normalized spacial score (nSPS) is 24.1. The molecule has 3 nitrogen and oxygen atoms in total. The molecule has 1 aliphatic rings. The number of hydrogen-bond acceptors (Lipinski definition) is 3. The molecule has 0 bridgehead atoms. The number of hydrogen-bond donors (Lipinski definition) is 1. The molecule has 17 heavy (non-hydrogen) atoms. The number of nitrogens with one attached hydrogen (secondary N) is 1. The second-order valence-corrected chi connectivity index (χ2v) is 5.15. The van der Waals surface area contributed by atoms with E-state index in [1.165, 1.54) is 6.42 Å². The van der Waals surface area contributed by atoms with E-state index < -0.39 is 0 Å². The van der Waals surface area contributed by atoms with Gasteiger partial charge in [-0.15, -0.1) is 0 Å². The summed E-state index contributed by atoms with van der Waals surface area (Å²) in [6.07, 6.45) is 2.40. The van der Waals surface area contributed by atoms with Gasteiger partial charge in [0.1, 0.15) is 11.6 Å². The van der Waals surface area contributed by atoms with Crippen molar-refractivity contribution in [3.63, 3.8) is 0 Å². The van der Waals surface area contributed by atoms with Gasteiger partial charge in [0.15, 0.2) is 0 Å². The third-order valence-corrected chi connectivity index (χ3v) is 3.37. The fourth-order valence-electron chi connectivity index (χ4n) is 2.55. The summed E-state index contributed by atoms with van der Waals surface area (Å²) in [5.41, 5.74) is 0. The quantitative estimate of drug-likeness (QED) is 0.866. The van der Waals surface area contributed by atoms with Gasteiger partial charge in [0.2, 0.25) is 0 Å². The number of rotatable bonds is 4. The van der Waals surface area contributed by atoms with Crippen LogP contribution in [0.4, 0.5) is 11.6 Å². The molecule has 0 amide bonds. The number of pyridine rings is 1. The molecule has 0 spiro atoms. The summed E-state index contributed by atoms with van der Waals surface area (Å²) >= 11 is 0. The van der Waals surface area contributed by atoms with E-state index in [-0.39, 0.29) is 0 Å². The molecule has 0 aliphatic carbocycles. The molecule has 0 saturated carbocycles. The number of aromatic nitrogens is 1. The Bertz CT molecular complexity index is 364. The first-order valence-electron chi connectivity index (χ1n) is 6.68. The number of anilines is 2. The maximum atomic E-state index is 4.69. The van der Waals surface area contributed by atoms with Crippen molar-refractivity contribution in [3.8, 4) is 0 Å². The summed E-state index contributed by atoms with van der Waals surface area (Å²) in [6, 6.07) is 6.87. The molecule has 1 aromatic rings. The van der Waals surface area contributed by atoms with Crippen molar-refractivity contribution in [1.29, 1.82) is 0 Å². The average Bonchev–Trinajstić information content (AvgIpc) is 2.66. The molecule has 2 rings (SSSR count). The molecule has 1 fully saturated rings. The molecule has 2 heterocycles. The third-order valence-electron chi connectivity index (χ3n) is 3.37. The van der Waals surface area contributed by atoms with Gasteiger partial charge < -0.3 is 10.2 Å². The average molecular weight is 233 g/mol. The van der Waals surface area contributed by atoms with Crippen LogP contribution in [-0.2, 0) is 0 Å². The van der Waals surface area contributed by atoms with Gasteiger partial charge in [0.05, 0.1) is 0 Å². The zero-order valence-electron chi connectivity index (χ0n) is 11.1. The standard InChI is InChI=1S/C14H23N3/c1-4-8-15-13-6-5-7-14(16-13)17-10-11(2)9-12(17)3/h5-7,11-12H,4,8-10H2,1-3H3,(H,15,16). The van der Waals surface area contributed by atoms with Crippen molar-refractivity contribution in [1.82, 2.24) is 4.98 Å². The smallest absolute Gasteiger partial charge is 0.131 e. The predicted octanol–water partition coefficient (Wildman–Crippen LogP) is 3.14. The second-order valence-electron chi connectivity index (χ2n) is 5.15. The maximum absolute atomic E-state index is 4.69. The lowest BCUT2D eigenvalue weighted by atomic mass is 10.1. The van der Waals surface area contributed by atoms with Crippen LogP contribution in [0.3, 0.4) is 0 Å². The minimum atomic E-state index is 0.610. The van der Waals surface area contributed by atoms with Gasteiger partial charge in [0, 0.05) is 19.1 Å². The lowest BCUT2D eigenvalue weighted by Crippen LogP contribution is -2.27.